The first kappa shape index (κ1) is 26.6. The standard InChI is InChI=1S/C32H48O2Si/c1-23(2)29-19-17-25(5)21-31(29)33-35(27-13-9-7-10-14-27,28-15-11-8-12-16-28)34-32-22-26(6)18-20-30(32)24(3)4/h7-16,23-26,29-32H,17-22H2,1-6H3. The lowest BCUT2D eigenvalue weighted by Crippen LogP contribution is -2.67. The fourth-order valence-corrected chi connectivity index (χ4v) is 10.3. The van der Waals surface area contributed by atoms with Crippen molar-refractivity contribution < 1.29 is 8.85 Å². The molecule has 2 aliphatic carbocycles. The summed E-state index contributed by atoms with van der Waals surface area (Å²) in [5, 5.41) is 2.51. The van der Waals surface area contributed by atoms with Crippen molar-refractivity contribution in [3.63, 3.8) is 0 Å². The Kier molecular flexibility index (Phi) is 8.94. The van der Waals surface area contributed by atoms with Crippen molar-refractivity contribution >= 4 is 18.9 Å². The van der Waals surface area contributed by atoms with Crippen LogP contribution >= 0.6 is 0 Å². The second-order valence-electron chi connectivity index (χ2n) is 12.3. The lowest BCUT2D eigenvalue weighted by atomic mass is 9.75. The molecule has 4 rings (SSSR count). The summed E-state index contributed by atoms with van der Waals surface area (Å²) < 4.78 is 15.2. The molecule has 0 amide bonds. The lowest BCUT2D eigenvalue weighted by molar-refractivity contribution is -0.0178. The smallest absolute Gasteiger partial charge is 0.384 e. The molecule has 0 spiro atoms. The predicted molar refractivity (Wildman–Crippen MR) is 150 cm³/mol. The minimum absolute atomic E-state index is 0.240. The number of hydrogen-bond acceptors (Lipinski definition) is 2. The van der Waals surface area contributed by atoms with E-state index in [9.17, 15) is 0 Å². The van der Waals surface area contributed by atoms with E-state index in [1.807, 2.05) is 0 Å². The molecule has 2 saturated carbocycles. The van der Waals surface area contributed by atoms with Crippen molar-refractivity contribution in [3.8, 4) is 0 Å². The zero-order valence-electron chi connectivity index (χ0n) is 23.0. The maximum absolute atomic E-state index is 7.58. The van der Waals surface area contributed by atoms with E-state index in [2.05, 4.69) is 102 Å². The van der Waals surface area contributed by atoms with Crippen molar-refractivity contribution in [2.75, 3.05) is 0 Å². The third-order valence-corrected chi connectivity index (χ3v) is 12.3. The summed E-state index contributed by atoms with van der Waals surface area (Å²) in [6.45, 7) is 14.3. The average Bonchev–Trinajstić information content (AvgIpc) is 2.84. The third-order valence-electron chi connectivity index (χ3n) is 8.86. The van der Waals surface area contributed by atoms with Gasteiger partial charge in [0.2, 0.25) is 0 Å². The van der Waals surface area contributed by atoms with E-state index in [4.69, 9.17) is 8.85 Å². The SMILES string of the molecule is CC1CCC(C(C)C)C(O[Si](OC2CC(C)CCC2C(C)C)(c2ccccc2)c2ccccc2)C1. The van der Waals surface area contributed by atoms with Gasteiger partial charge >= 0.3 is 8.56 Å². The van der Waals surface area contributed by atoms with Crippen molar-refractivity contribution in [1.29, 1.82) is 0 Å². The minimum Gasteiger partial charge on any atom is -0.384 e. The van der Waals surface area contributed by atoms with Gasteiger partial charge in [0.25, 0.3) is 0 Å². The molecule has 2 aromatic rings. The van der Waals surface area contributed by atoms with Crippen LogP contribution in [0.5, 0.6) is 0 Å². The topological polar surface area (TPSA) is 18.5 Å². The van der Waals surface area contributed by atoms with Crippen LogP contribution < -0.4 is 10.4 Å². The molecule has 6 unspecified atom stereocenters. The summed E-state index contributed by atoms with van der Waals surface area (Å²) in [6, 6.07) is 22.0. The Morgan fingerprint density at radius 1 is 0.600 bits per heavy atom. The molecule has 0 N–H and O–H groups in total. The fourth-order valence-electron chi connectivity index (χ4n) is 6.71. The van der Waals surface area contributed by atoms with Crippen LogP contribution in [-0.4, -0.2) is 20.8 Å². The molecule has 2 aromatic carbocycles. The number of hydrogen-bond donors (Lipinski definition) is 0. The summed E-state index contributed by atoms with van der Waals surface area (Å²) >= 11 is 0. The Balaban J connectivity index is 1.82. The van der Waals surface area contributed by atoms with Gasteiger partial charge in [-0.25, -0.2) is 0 Å². The van der Waals surface area contributed by atoms with Gasteiger partial charge in [0.05, 0.1) is 12.2 Å². The summed E-state index contributed by atoms with van der Waals surface area (Å²) in [5.41, 5.74) is 0. The Morgan fingerprint density at radius 2 is 0.971 bits per heavy atom. The first-order valence-corrected chi connectivity index (χ1v) is 16.1. The van der Waals surface area contributed by atoms with Gasteiger partial charge < -0.3 is 8.85 Å². The molecule has 0 radical (unpaired) electrons. The van der Waals surface area contributed by atoms with E-state index in [0.29, 0.717) is 35.5 Å². The highest BCUT2D eigenvalue weighted by atomic mass is 28.4. The molecule has 6 atom stereocenters. The maximum Gasteiger partial charge on any atom is 0.407 e. The Labute approximate surface area is 216 Å². The number of benzene rings is 2. The monoisotopic (exact) mass is 492 g/mol. The molecule has 0 saturated heterocycles. The molecular weight excluding hydrogens is 444 g/mol. The molecule has 3 heteroatoms. The zero-order chi connectivity index (χ0) is 25.0. The summed E-state index contributed by atoms with van der Waals surface area (Å²) in [4.78, 5) is 0. The highest BCUT2D eigenvalue weighted by Crippen LogP contribution is 2.40. The molecule has 2 fully saturated rings. The van der Waals surface area contributed by atoms with Gasteiger partial charge in [-0.15, -0.1) is 0 Å². The van der Waals surface area contributed by atoms with Crippen LogP contribution in [-0.2, 0) is 8.85 Å². The molecule has 0 heterocycles. The van der Waals surface area contributed by atoms with E-state index in [1.54, 1.807) is 0 Å². The summed E-state index contributed by atoms with van der Waals surface area (Å²) in [6.07, 6.45) is 7.88. The van der Waals surface area contributed by atoms with E-state index < -0.39 is 8.56 Å². The highest BCUT2D eigenvalue weighted by molar-refractivity contribution is 6.92. The van der Waals surface area contributed by atoms with Crippen molar-refractivity contribution in [2.45, 2.75) is 92.3 Å². The van der Waals surface area contributed by atoms with E-state index >= 15 is 0 Å². The molecule has 0 aliphatic heterocycles. The van der Waals surface area contributed by atoms with Gasteiger partial charge in [-0.2, -0.15) is 0 Å². The molecule has 192 valence electrons. The van der Waals surface area contributed by atoms with E-state index in [0.717, 1.165) is 12.8 Å². The molecule has 2 nitrogen and oxygen atoms in total. The zero-order valence-corrected chi connectivity index (χ0v) is 24.0. The van der Waals surface area contributed by atoms with Crippen LogP contribution in [0.4, 0.5) is 0 Å². The Morgan fingerprint density at radius 3 is 1.31 bits per heavy atom. The van der Waals surface area contributed by atoms with Gasteiger partial charge in [-0.1, -0.05) is 115 Å². The van der Waals surface area contributed by atoms with Crippen molar-refractivity contribution in [3.05, 3.63) is 60.7 Å². The summed E-state index contributed by atoms with van der Waals surface area (Å²) in [5.74, 6) is 3.80. The first-order valence-electron chi connectivity index (χ1n) is 14.3. The average molecular weight is 493 g/mol. The molecule has 35 heavy (non-hydrogen) atoms. The van der Waals surface area contributed by atoms with Crippen molar-refractivity contribution in [2.24, 2.45) is 35.5 Å². The second-order valence-corrected chi connectivity index (χ2v) is 15.2. The van der Waals surface area contributed by atoms with Crippen LogP contribution in [0.1, 0.15) is 80.1 Å². The Bertz CT molecular complexity index is 821. The quantitative estimate of drug-likeness (QED) is 0.363. The molecule has 2 aliphatic rings. The van der Waals surface area contributed by atoms with Gasteiger partial charge in [0, 0.05) is 0 Å². The van der Waals surface area contributed by atoms with Gasteiger partial charge in [-0.05, 0) is 71.6 Å². The molecule has 0 bridgehead atoms. The predicted octanol–water partition coefficient (Wildman–Crippen LogP) is 7.20. The van der Waals surface area contributed by atoms with E-state index in [-0.39, 0.29) is 12.2 Å². The van der Waals surface area contributed by atoms with E-state index in [1.165, 1.54) is 36.1 Å². The first-order chi connectivity index (χ1) is 16.8. The number of rotatable bonds is 8. The largest absolute Gasteiger partial charge is 0.407 e. The minimum atomic E-state index is -2.96. The van der Waals surface area contributed by atoms with Crippen LogP contribution in [0.2, 0.25) is 0 Å². The fraction of sp³-hybridized carbons (Fsp3) is 0.625. The highest BCUT2D eigenvalue weighted by Gasteiger charge is 2.50. The summed E-state index contributed by atoms with van der Waals surface area (Å²) in [7, 11) is -2.96. The van der Waals surface area contributed by atoms with Crippen molar-refractivity contribution in [1.82, 2.24) is 0 Å². The third kappa shape index (κ3) is 6.11. The van der Waals surface area contributed by atoms with Crippen LogP contribution in [0.25, 0.3) is 0 Å². The van der Waals surface area contributed by atoms with Gasteiger partial charge in [0.15, 0.2) is 0 Å². The molecule has 0 aromatic heterocycles. The lowest BCUT2D eigenvalue weighted by Gasteiger charge is -2.46. The normalized spacial score (nSPS) is 30.1. The second kappa shape index (κ2) is 11.8. The Hall–Kier alpha value is -1.42. The molecular formula is C32H48O2Si. The van der Waals surface area contributed by atoms with Crippen LogP contribution in [0.15, 0.2) is 60.7 Å². The van der Waals surface area contributed by atoms with Crippen LogP contribution in [0.3, 0.4) is 0 Å². The maximum atomic E-state index is 7.58. The van der Waals surface area contributed by atoms with Gasteiger partial charge in [0.1, 0.15) is 0 Å². The van der Waals surface area contributed by atoms with Gasteiger partial charge in [-0.3, -0.25) is 0 Å². The van der Waals surface area contributed by atoms with Crippen LogP contribution in [0, 0.1) is 35.5 Å².